The van der Waals surface area contributed by atoms with Gasteiger partial charge in [0.05, 0.1) is 21.3 Å². The van der Waals surface area contributed by atoms with E-state index in [1.165, 1.54) is 11.3 Å². The molecule has 8 heteroatoms. The lowest BCUT2D eigenvalue weighted by Gasteiger charge is -2.05. The molecule has 1 aromatic carbocycles. The lowest BCUT2D eigenvalue weighted by atomic mass is 10.3. The van der Waals surface area contributed by atoms with Gasteiger partial charge in [-0.1, -0.05) is 15.9 Å². The number of rotatable bonds is 3. The minimum atomic E-state index is -0.314. The first-order valence-electron chi connectivity index (χ1n) is 6.75. The van der Waals surface area contributed by atoms with Gasteiger partial charge >= 0.3 is 6.03 Å². The fourth-order valence-corrected chi connectivity index (χ4v) is 3.91. The van der Waals surface area contributed by atoms with Gasteiger partial charge < -0.3 is 5.32 Å². The predicted molar refractivity (Wildman–Crippen MR) is 99.5 cm³/mol. The molecule has 0 aliphatic heterocycles. The number of thiazole rings is 2. The molecule has 3 rings (SSSR count). The van der Waals surface area contributed by atoms with Crippen molar-refractivity contribution in [1.29, 1.82) is 0 Å². The number of aromatic nitrogens is 2. The second kappa shape index (κ2) is 6.77. The molecule has 0 saturated carbocycles. The summed E-state index contributed by atoms with van der Waals surface area (Å²) in [4.78, 5) is 21.9. The van der Waals surface area contributed by atoms with E-state index in [1.807, 2.05) is 43.5 Å². The van der Waals surface area contributed by atoms with Gasteiger partial charge in [-0.2, -0.15) is 0 Å². The van der Waals surface area contributed by atoms with Crippen molar-refractivity contribution >= 4 is 55.5 Å². The Morgan fingerprint density at radius 1 is 1.13 bits per heavy atom. The number of hydrogen-bond donors (Lipinski definition) is 2. The summed E-state index contributed by atoms with van der Waals surface area (Å²) in [5.74, 6) is 0. The van der Waals surface area contributed by atoms with Crippen LogP contribution in [0.1, 0.15) is 10.7 Å². The highest BCUT2D eigenvalue weighted by Crippen LogP contribution is 2.32. The van der Waals surface area contributed by atoms with Gasteiger partial charge in [-0.15, -0.1) is 22.7 Å². The van der Waals surface area contributed by atoms with Crippen LogP contribution in [0.5, 0.6) is 0 Å². The first kappa shape index (κ1) is 16.1. The third-order valence-electron chi connectivity index (χ3n) is 2.96. The highest BCUT2D eigenvalue weighted by molar-refractivity contribution is 9.10. The molecule has 2 amide bonds. The summed E-state index contributed by atoms with van der Waals surface area (Å²) < 4.78 is 0.961. The van der Waals surface area contributed by atoms with Crippen LogP contribution in [-0.4, -0.2) is 16.0 Å². The Morgan fingerprint density at radius 3 is 2.52 bits per heavy atom. The minimum absolute atomic E-state index is 0.314. The molecular formula is C15H13BrN4OS2. The molecule has 23 heavy (non-hydrogen) atoms. The lowest BCUT2D eigenvalue weighted by Crippen LogP contribution is -2.19. The van der Waals surface area contributed by atoms with Crippen LogP contribution < -0.4 is 10.6 Å². The van der Waals surface area contributed by atoms with E-state index in [4.69, 9.17) is 0 Å². The zero-order chi connectivity index (χ0) is 16.4. The van der Waals surface area contributed by atoms with Crippen LogP contribution in [0.3, 0.4) is 0 Å². The summed E-state index contributed by atoms with van der Waals surface area (Å²) in [6.45, 7) is 3.93. The summed E-state index contributed by atoms with van der Waals surface area (Å²) in [5, 5.41) is 9.01. The topological polar surface area (TPSA) is 66.9 Å². The van der Waals surface area contributed by atoms with Gasteiger partial charge in [0.1, 0.15) is 0 Å². The van der Waals surface area contributed by atoms with Crippen LogP contribution in [-0.2, 0) is 0 Å². The second-order valence-corrected chi connectivity index (χ2v) is 7.75. The quantitative estimate of drug-likeness (QED) is 0.618. The van der Waals surface area contributed by atoms with E-state index in [9.17, 15) is 4.79 Å². The highest BCUT2D eigenvalue weighted by atomic mass is 79.9. The number of aryl methyl sites for hydroxylation is 2. The van der Waals surface area contributed by atoms with Crippen LogP contribution in [0.4, 0.5) is 15.6 Å². The van der Waals surface area contributed by atoms with Crippen molar-refractivity contribution in [3.05, 3.63) is 44.8 Å². The molecule has 0 unspecified atom stereocenters. The van der Waals surface area contributed by atoms with Gasteiger partial charge in [-0.25, -0.2) is 14.8 Å². The van der Waals surface area contributed by atoms with Gasteiger partial charge in [-0.05, 0) is 38.1 Å². The number of carbonyl (C=O) groups is 1. The van der Waals surface area contributed by atoms with Gasteiger partial charge in [0, 0.05) is 15.5 Å². The van der Waals surface area contributed by atoms with E-state index >= 15 is 0 Å². The van der Waals surface area contributed by atoms with Crippen LogP contribution >= 0.6 is 38.6 Å². The molecule has 0 atom stereocenters. The SMILES string of the molecule is Cc1nc(C)c(-c2csc(NC(=O)Nc3ccc(Br)cc3)n2)s1. The Hall–Kier alpha value is -1.77. The molecule has 2 N–H and O–H groups in total. The maximum Gasteiger partial charge on any atom is 0.325 e. The molecule has 0 fully saturated rings. The third kappa shape index (κ3) is 3.95. The molecule has 0 aliphatic carbocycles. The number of nitrogens with one attached hydrogen (secondary N) is 2. The van der Waals surface area contributed by atoms with Crippen LogP contribution in [0, 0.1) is 13.8 Å². The average molecular weight is 409 g/mol. The van der Waals surface area contributed by atoms with Crippen molar-refractivity contribution in [2.75, 3.05) is 10.6 Å². The van der Waals surface area contributed by atoms with E-state index in [0.29, 0.717) is 5.13 Å². The van der Waals surface area contributed by atoms with Gasteiger partial charge in [0.2, 0.25) is 0 Å². The fourth-order valence-electron chi connectivity index (χ4n) is 2.00. The number of anilines is 2. The molecule has 0 saturated heterocycles. The van der Waals surface area contributed by atoms with Crippen molar-refractivity contribution in [3.8, 4) is 10.6 Å². The summed E-state index contributed by atoms with van der Waals surface area (Å²) in [6.07, 6.45) is 0. The molecule has 0 spiro atoms. The number of halogens is 1. The van der Waals surface area contributed by atoms with Crippen LogP contribution in [0.15, 0.2) is 34.1 Å². The lowest BCUT2D eigenvalue weighted by molar-refractivity contribution is 0.262. The number of nitrogens with zero attached hydrogens (tertiary/aromatic N) is 2. The summed E-state index contributed by atoms with van der Waals surface area (Å²) in [5.41, 5.74) is 2.53. The first-order chi connectivity index (χ1) is 11.0. The van der Waals surface area contributed by atoms with E-state index in [1.54, 1.807) is 11.3 Å². The molecule has 2 heterocycles. The van der Waals surface area contributed by atoms with Crippen molar-refractivity contribution in [2.24, 2.45) is 0 Å². The molecule has 0 bridgehead atoms. The van der Waals surface area contributed by atoms with Crippen molar-refractivity contribution in [3.63, 3.8) is 0 Å². The van der Waals surface area contributed by atoms with Crippen molar-refractivity contribution in [1.82, 2.24) is 9.97 Å². The highest BCUT2D eigenvalue weighted by Gasteiger charge is 2.12. The fraction of sp³-hybridized carbons (Fsp3) is 0.133. The van der Waals surface area contributed by atoms with E-state index < -0.39 is 0 Å². The Kier molecular flexibility index (Phi) is 4.74. The molecule has 5 nitrogen and oxygen atoms in total. The van der Waals surface area contributed by atoms with E-state index in [-0.39, 0.29) is 6.03 Å². The molecule has 2 aromatic heterocycles. The second-order valence-electron chi connectivity index (χ2n) is 4.77. The molecule has 0 radical (unpaired) electrons. The molecule has 3 aromatic rings. The summed E-state index contributed by atoms with van der Waals surface area (Å²) in [7, 11) is 0. The Morgan fingerprint density at radius 2 is 1.87 bits per heavy atom. The van der Waals surface area contributed by atoms with E-state index in [2.05, 4.69) is 36.5 Å². The zero-order valence-corrected chi connectivity index (χ0v) is 15.6. The Labute approximate surface area is 149 Å². The zero-order valence-electron chi connectivity index (χ0n) is 12.4. The molecular weight excluding hydrogens is 396 g/mol. The number of hydrogen-bond acceptors (Lipinski definition) is 5. The number of urea groups is 1. The average Bonchev–Trinajstić information content (AvgIpc) is 3.07. The van der Waals surface area contributed by atoms with Gasteiger partial charge in [0.15, 0.2) is 5.13 Å². The predicted octanol–water partition coefficient (Wildman–Crippen LogP) is 5.29. The first-order valence-corrected chi connectivity index (χ1v) is 9.23. The molecule has 118 valence electrons. The largest absolute Gasteiger partial charge is 0.325 e. The maximum atomic E-state index is 12.0. The Balaban J connectivity index is 1.68. The maximum absolute atomic E-state index is 12.0. The normalized spacial score (nSPS) is 10.6. The standard InChI is InChI=1S/C15H13BrN4OS2/c1-8-13(23-9(2)17-8)12-7-22-15(19-12)20-14(21)18-11-5-3-10(16)4-6-11/h3-7H,1-2H3,(H2,18,19,20,21). The number of amides is 2. The summed E-state index contributed by atoms with van der Waals surface area (Å²) in [6, 6.07) is 7.06. The van der Waals surface area contributed by atoms with Crippen LogP contribution in [0.25, 0.3) is 10.6 Å². The smallest absolute Gasteiger partial charge is 0.308 e. The monoisotopic (exact) mass is 408 g/mol. The van der Waals surface area contributed by atoms with Crippen molar-refractivity contribution in [2.45, 2.75) is 13.8 Å². The number of benzene rings is 1. The Bertz CT molecular complexity index is 842. The number of carbonyl (C=O) groups excluding carboxylic acids is 1. The van der Waals surface area contributed by atoms with Crippen LogP contribution in [0.2, 0.25) is 0 Å². The minimum Gasteiger partial charge on any atom is -0.308 e. The van der Waals surface area contributed by atoms with Gasteiger partial charge in [0.25, 0.3) is 0 Å². The summed E-state index contributed by atoms with van der Waals surface area (Å²) >= 11 is 6.35. The van der Waals surface area contributed by atoms with Gasteiger partial charge in [-0.3, -0.25) is 5.32 Å². The van der Waals surface area contributed by atoms with E-state index in [0.717, 1.165) is 31.4 Å². The third-order valence-corrected chi connectivity index (χ3v) is 5.34. The molecule has 0 aliphatic rings. The van der Waals surface area contributed by atoms with Crippen molar-refractivity contribution < 1.29 is 4.79 Å².